The molecule has 0 aromatic carbocycles. The molecule has 0 aliphatic carbocycles. The van der Waals surface area contributed by atoms with E-state index in [1.54, 1.807) is 6.92 Å². The molecule has 7 heteroatoms. The SMILES string of the molecule is CCCC(CC(=O)O)C(=O)OC(C)C(F)(F)F. The van der Waals surface area contributed by atoms with E-state index in [4.69, 9.17) is 5.11 Å². The highest BCUT2D eigenvalue weighted by atomic mass is 19.4. The van der Waals surface area contributed by atoms with Gasteiger partial charge in [0.1, 0.15) is 0 Å². The molecule has 0 aliphatic rings. The van der Waals surface area contributed by atoms with Crippen LogP contribution in [0.25, 0.3) is 0 Å². The number of carbonyl (C=O) groups excluding carboxylic acids is 1. The van der Waals surface area contributed by atoms with Gasteiger partial charge < -0.3 is 9.84 Å². The van der Waals surface area contributed by atoms with Crippen LogP contribution in [0.2, 0.25) is 0 Å². The van der Waals surface area contributed by atoms with Crippen molar-refractivity contribution in [3.63, 3.8) is 0 Å². The van der Waals surface area contributed by atoms with E-state index in [2.05, 4.69) is 4.74 Å². The highest BCUT2D eigenvalue weighted by molar-refractivity contribution is 5.79. The van der Waals surface area contributed by atoms with Gasteiger partial charge in [-0.3, -0.25) is 9.59 Å². The average Bonchev–Trinajstić information content (AvgIpc) is 2.14. The Balaban J connectivity index is 4.47. The van der Waals surface area contributed by atoms with Crippen LogP contribution in [0.1, 0.15) is 33.1 Å². The lowest BCUT2D eigenvalue weighted by atomic mass is 10.0. The topological polar surface area (TPSA) is 63.6 Å². The van der Waals surface area contributed by atoms with Crippen LogP contribution >= 0.6 is 0 Å². The summed E-state index contributed by atoms with van der Waals surface area (Å²) in [5, 5.41) is 8.52. The van der Waals surface area contributed by atoms with E-state index < -0.39 is 36.6 Å². The molecule has 17 heavy (non-hydrogen) atoms. The molecule has 0 amide bonds. The summed E-state index contributed by atoms with van der Waals surface area (Å²) >= 11 is 0. The fourth-order valence-corrected chi connectivity index (χ4v) is 1.20. The number of carbonyl (C=O) groups is 2. The van der Waals surface area contributed by atoms with E-state index in [1.165, 1.54) is 0 Å². The summed E-state index contributed by atoms with van der Waals surface area (Å²) in [6.45, 7) is 2.41. The van der Waals surface area contributed by atoms with Crippen LogP contribution < -0.4 is 0 Å². The van der Waals surface area contributed by atoms with Crippen LogP contribution in [0.4, 0.5) is 13.2 Å². The van der Waals surface area contributed by atoms with Gasteiger partial charge >= 0.3 is 18.1 Å². The number of alkyl halides is 3. The van der Waals surface area contributed by atoms with Crippen LogP contribution in [0.5, 0.6) is 0 Å². The molecule has 0 aromatic heterocycles. The maximum absolute atomic E-state index is 12.1. The van der Waals surface area contributed by atoms with Crippen molar-refractivity contribution in [2.24, 2.45) is 5.92 Å². The van der Waals surface area contributed by atoms with Crippen LogP contribution in [0.15, 0.2) is 0 Å². The summed E-state index contributed by atoms with van der Waals surface area (Å²) in [5.41, 5.74) is 0. The molecule has 0 spiro atoms. The standard InChI is InChI=1S/C10H15F3O4/c1-3-4-7(5-8(14)15)9(16)17-6(2)10(11,12)13/h6-7H,3-5H2,1-2H3,(H,14,15). The Hall–Kier alpha value is -1.27. The molecule has 4 nitrogen and oxygen atoms in total. The van der Waals surface area contributed by atoms with Gasteiger partial charge in [0.05, 0.1) is 12.3 Å². The minimum absolute atomic E-state index is 0.190. The lowest BCUT2D eigenvalue weighted by Gasteiger charge is -2.19. The third-order valence-corrected chi connectivity index (χ3v) is 2.15. The van der Waals surface area contributed by atoms with Gasteiger partial charge in [-0.25, -0.2) is 0 Å². The first-order chi connectivity index (χ1) is 7.68. The zero-order chi connectivity index (χ0) is 13.6. The van der Waals surface area contributed by atoms with E-state index >= 15 is 0 Å². The molecule has 0 heterocycles. The van der Waals surface area contributed by atoms with Crippen molar-refractivity contribution in [2.45, 2.75) is 45.4 Å². The van der Waals surface area contributed by atoms with Gasteiger partial charge in [-0.1, -0.05) is 13.3 Å². The third-order valence-electron chi connectivity index (χ3n) is 2.15. The molecule has 0 radical (unpaired) electrons. The Kier molecular flexibility index (Phi) is 5.98. The molecule has 1 N–H and O–H groups in total. The molecule has 0 fully saturated rings. The molecule has 0 saturated carbocycles. The number of hydrogen-bond donors (Lipinski definition) is 1. The number of hydrogen-bond acceptors (Lipinski definition) is 3. The molecule has 0 bridgehead atoms. The van der Waals surface area contributed by atoms with E-state index in [0.717, 1.165) is 0 Å². The molecular formula is C10H15F3O4. The average molecular weight is 256 g/mol. The van der Waals surface area contributed by atoms with Gasteiger partial charge in [0.25, 0.3) is 0 Å². The van der Waals surface area contributed by atoms with Crippen LogP contribution in [-0.2, 0) is 14.3 Å². The van der Waals surface area contributed by atoms with Crippen molar-refractivity contribution in [2.75, 3.05) is 0 Å². The van der Waals surface area contributed by atoms with Gasteiger partial charge in [-0.15, -0.1) is 0 Å². The van der Waals surface area contributed by atoms with Crippen molar-refractivity contribution >= 4 is 11.9 Å². The van der Waals surface area contributed by atoms with E-state index in [9.17, 15) is 22.8 Å². The van der Waals surface area contributed by atoms with Gasteiger partial charge in [-0.05, 0) is 13.3 Å². The van der Waals surface area contributed by atoms with Gasteiger partial charge in [-0.2, -0.15) is 13.2 Å². The monoisotopic (exact) mass is 256 g/mol. The summed E-state index contributed by atoms with van der Waals surface area (Å²) in [6.07, 6.45) is -6.68. The summed E-state index contributed by atoms with van der Waals surface area (Å²) in [5.74, 6) is -3.37. The number of aliphatic carboxylic acids is 1. The number of esters is 1. The first-order valence-electron chi connectivity index (χ1n) is 5.17. The fourth-order valence-electron chi connectivity index (χ4n) is 1.20. The first kappa shape index (κ1) is 15.7. The number of halogens is 3. The largest absolute Gasteiger partial charge is 0.481 e. The highest BCUT2D eigenvalue weighted by Crippen LogP contribution is 2.24. The zero-order valence-corrected chi connectivity index (χ0v) is 9.58. The van der Waals surface area contributed by atoms with Gasteiger partial charge in [0.2, 0.25) is 0 Å². The molecule has 0 rings (SSSR count). The molecule has 100 valence electrons. The smallest absolute Gasteiger partial charge is 0.425 e. The molecule has 0 aromatic rings. The number of rotatable bonds is 6. The number of carboxylic acid groups (broad SMARTS) is 1. The molecular weight excluding hydrogens is 241 g/mol. The molecule has 2 unspecified atom stereocenters. The molecule has 0 saturated heterocycles. The molecule has 2 atom stereocenters. The van der Waals surface area contributed by atoms with Crippen LogP contribution in [-0.4, -0.2) is 29.3 Å². The minimum Gasteiger partial charge on any atom is -0.481 e. The van der Waals surface area contributed by atoms with Crippen LogP contribution in [0.3, 0.4) is 0 Å². The fraction of sp³-hybridized carbons (Fsp3) is 0.800. The second kappa shape index (κ2) is 6.46. The Bertz CT molecular complexity index is 275. The summed E-state index contributed by atoms with van der Waals surface area (Å²) < 4.78 is 40.6. The van der Waals surface area contributed by atoms with E-state index in [0.29, 0.717) is 13.3 Å². The maximum atomic E-state index is 12.1. The predicted octanol–water partition coefficient (Wildman–Crippen LogP) is 2.37. The third kappa shape index (κ3) is 6.13. The van der Waals surface area contributed by atoms with Crippen molar-refractivity contribution in [3.05, 3.63) is 0 Å². The zero-order valence-electron chi connectivity index (χ0n) is 9.58. The Morgan fingerprint density at radius 3 is 2.24 bits per heavy atom. The Morgan fingerprint density at radius 1 is 1.35 bits per heavy atom. The first-order valence-corrected chi connectivity index (χ1v) is 5.17. The number of ether oxygens (including phenoxy) is 1. The van der Waals surface area contributed by atoms with Crippen molar-refractivity contribution in [1.82, 2.24) is 0 Å². The Labute approximate surface area is 96.8 Å². The maximum Gasteiger partial charge on any atom is 0.425 e. The van der Waals surface area contributed by atoms with Gasteiger partial charge in [0.15, 0.2) is 6.10 Å². The minimum atomic E-state index is -4.63. The Morgan fingerprint density at radius 2 is 1.88 bits per heavy atom. The van der Waals surface area contributed by atoms with Crippen molar-refractivity contribution < 1.29 is 32.6 Å². The van der Waals surface area contributed by atoms with E-state index in [1.807, 2.05) is 0 Å². The van der Waals surface area contributed by atoms with Crippen LogP contribution in [0, 0.1) is 5.92 Å². The van der Waals surface area contributed by atoms with Crippen molar-refractivity contribution in [3.8, 4) is 0 Å². The van der Waals surface area contributed by atoms with Crippen molar-refractivity contribution in [1.29, 1.82) is 0 Å². The summed E-state index contributed by atoms with van der Waals surface area (Å²) in [6, 6.07) is 0. The second-order valence-corrected chi connectivity index (χ2v) is 3.70. The highest BCUT2D eigenvalue weighted by Gasteiger charge is 2.40. The summed E-state index contributed by atoms with van der Waals surface area (Å²) in [4.78, 5) is 21.8. The lowest BCUT2D eigenvalue weighted by molar-refractivity contribution is -0.218. The molecule has 0 aliphatic heterocycles. The predicted molar refractivity (Wildman–Crippen MR) is 52.3 cm³/mol. The second-order valence-electron chi connectivity index (χ2n) is 3.70. The van der Waals surface area contributed by atoms with Gasteiger partial charge in [0, 0.05) is 0 Å². The van der Waals surface area contributed by atoms with E-state index in [-0.39, 0.29) is 6.42 Å². The summed E-state index contributed by atoms with van der Waals surface area (Å²) in [7, 11) is 0. The number of carboxylic acids is 1. The quantitative estimate of drug-likeness (QED) is 0.741. The lowest BCUT2D eigenvalue weighted by Crippen LogP contribution is -2.33. The normalized spacial score (nSPS) is 15.1.